The number of amides is 1. The Balaban J connectivity index is 1.43. The van der Waals surface area contributed by atoms with E-state index in [0.29, 0.717) is 6.42 Å². The number of nitrogens with one attached hydrogen (secondary N) is 1. The molecular weight excluding hydrogens is 370 g/mol. The Labute approximate surface area is 149 Å². The number of ether oxygens (including phenoxy) is 2. The van der Waals surface area contributed by atoms with E-state index in [0.717, 1.165) is 52.9 Å². The Bertz CT molecular complexity index is 767. The molecule has 1 spiro atoms. The molecule has 5 heteroatoms. The monoisotopic (exact) mass is 387 g/mol. The van der Waals surface area contributed by atoms with Gasteiger partial charge in [0.05, 0.1) is 6.42 Å². The fraction of sp³-hybridized carbons (Fsp3) is 0.316. The standard InChI is InChI=1S/C19H18BrNO3/c20-14-5-3-13(4-6-14)11-18(22)21-15-7-8-16-17(12-15)24-19(23-16)9-1-2-10-19/h3-8,12H,1-2,9-11H2,(H,21,22). The van der Waals surface area contributed by atoms with Gasteiger partial charge in [0.15, 0.2) is 11.5 Å². The molecule has 4 rings (SSSR count). The lowest BCUT2D eigenvalue weighted by atomic mass is 10.1. The largest absolute Gasteiger partial charge is 0.448 e. The zero-order valence-electron chi connectivity index (χ0n) is 13.2. The first kappa shape index (κ1) is 15.5. The number of anilines is 1. The normalized spacial score (nSPS) is 17.2. The van der Waals surface area contributed by atoms with Gasteiger partial charge in [-0.05, 0) is 42.7 Å². The molecule has 1 N–H and O–H groups in total. The summed E-state index contributed by atoms with van der Waals surface area (Å²) in [5.41, 5.74) is 1.70. The van der Waals surface area contributed by atoms with Crippen LogP contribution in [0.3, 0.4) is 0 Å². The fourth-order valence-electron chi connectivity index (χ4n) is 3.28. The average molecular weight is 388 g/mol. The second kappa shape index (κ2) is 6.13. The molecule has 1 aliphatic heterocycles. The third kappa shape index (κ3) is 3.13. The Kier molecular flexibility index (Phi) is 3.96. The third-order valence-corrected chi connectivity index (χ3v) is 4.99. The number of halogens is 1. The van der Waals surface area contributed by atoms with Gasteiger partial charge in [0.1, 0.15) is 0 Å². The summed E-state index contributed by atoms with van der Waals surface area (Å²) in [7, 11) is 0. The Morgan fingerprint density at radius 2 is 1.75 bits per heavy atom. The van der Waals surface area contributed by atoms with Crippen molar-refractivity contribution in [1.29, 1.82) is 0 Å². The van der Waals surface area contributed by atoms with Crippen LogP contribution in [-0.2, 0) is 11.2 Å². The zero-order chi connectivity index (χ0) is 16.6. The lowest BCUT2D eigenvalue weighted by molar-refractivity contribution is -0.115. The minimum atomic E-state index is -0.470. The van der Waals surface area contributed by atoms with E-state index in [1.165, 1.54) is 0 Å². The van der Waals surface area contributed by atoms with E-state index in [-0.39, 0.29) is 5.91 Å². The van der Waals surface area contributed by atoms with Crippen LogP contribution in [-0.4, -0.2) is 11.7 Å². The van der Waals surface area contributed by atoms with Crippen LogP contribution in [0.15, 0.2) is 46.9 Å². The first-order valence-electron chi connectivity index (χ1n) is 8.18. The second-order valence-corrected chi connectivity index (χ2v) is 7.25. The van der Waals surface area contributed by atoms with Gasteiger partial charge >= 0.3 is 0 Å². The summed E-state index contributed by atoms with van der Waals surface area (Å²) < 4.78 is 13.0. The molecular formula is C19H18BrNO3. The number of rotatable bonds is 3. The Morgan fingerprint density at radius 3 is 2.50 bits per heavy atom. The molecule has 24 heavy (non-hydrogen) atoms. The number of carbonyl (C=O) groups is 1. The molecule has 2 aromatic rings. The molecule has 0 unspecified atom stereocenters. The van der Waals surface area contributed by atoms with Crippen molar-refractivity contribution in [3.8, 4) is 11.5 Å². The Morgan fingerprint density at radius 1 is 1.04 bits per heavy atom. The van der Waals surface area contributed by atoms with Crippen molar-refractivity contribution in [2.45, 2.75) is 37.9 Å². The van der Waals surface area contributed by atoms with Crippen molar-refractivity contribution in [2.24, 2.45) is 0 Å². The molecule has 1 aliphatic carbocycles. The molecule has 2 aliphatic rings. The van der Waals surface area contributed by atoms with Crippen LogP contribution in [0.1, 0.15) is 31.2 Å². The summed E-state index contributed by atoms with van der Waals surface area (Å²) in [6.07, 6.45) is 4.45. The topological polar surface area (TPSA) is 47.6 Å². The molecule has 0 atom stereocenters. The summed E-state index contributed by atoms with van der Waals surface area (Å²) in [4.78, 5) is 12.2. The van der Waals surface area contributed by atoms with Crippen molar-refractivity contribution in [1.82, 2.24) is 0 Å². The predicted octanol–water partition coefficient (Wildman–Crippen LogP) is 4.67. The highest BCUT2D eigenvalue weighted by Gasteiger charge is 2.44. The van der Waals surface area contributed by atoms with Crippen LogP contribution in [0.4, 0.5) is 5.69 Å². The van der Waals surface area contributed by atoms with E-state index < -0.39 is 5.79 Å². The van der Waals surface area contributed by atoms with Crippen LogP contribution in [0, 0.1) is 0 Å². The van der Waals surface area contributed by atoms with Crippen LogP contribution in [0.2, 0.25) is 0 Å². The van der Waals surface area contributed by atoms with E-state index in [2.05, 4.69) is 21.2 Å². The molecule has 1 fully saturated rings. The van der Waals surface area contributed by atoms with Gasteiger partial charge < -0.3 is 14.8 Å². The zero-order valence-corrected chi connectivity index (χ0v) is 14.8. The smallest absolute Gasteiger partial charge is 0.251 e. The number of carbonyl (C=O) groups excluding carboxylic acids is 1. The van der Waals surface area contributed by atoms with Crippen molar-refractivity contribution in [3.05, 3.63) is 52.5 Å². The van der Waals surface area contributed by atoms with Crippen molar-refractivity contribution < 1.29 is 14.3 Å². The lowest BCUT2D eigenvalue weighted by Gasteiger charge is -2.21. The molecule has 0 bridgehead atoms. The number of benzene rings is 2. The first-order chi connectivity index (χ1) is 11.6. The number of hydrogen-bond acceptors (Lipinski definition) is 3. The highest BCUT2D eigenvalue weighted by atomic mass is 79.9. The SMILES string of the molecule is O=C(Cc1ccc(Br)cc1)Nc1ccc2c(c1)OC1(CCCC1)O2. The number of hydrogen-bond donors (Lipinski definition) is 1. The van der Waals surface area contributed by atoms with E-state index in [9.17, 15) is 4.79 Å². The summed E-state index contributed by atoms with van der Waals surface area (Å²) >= 11 is 3.39. The van der Waals surface area contributed by atoms with Gasteiger partial charge in [0, 0.05) is 29.1 Å². The summed E-state index contributed by atoms with van der Waals surface area (Å²) in [6, 6.07) is 13.3. The minimum Gasteiger partial charge on any atom is -0.448 e. The number of fused-ring (bicyclic) bond motifs is 1. The van der Waals surface area contributed by atoms with Crippen molar-refractivity contribution in [2.75, 3.05) is 5.32 Å². The highest BCUT2D eigenvalue weighted by Crippen LogP contribution is 2.47. The Hall–Kier alpha value is -2.01. The predicted molar refractivity (Wildman–Crippen MR) is 95.4 cm³/mol. The van der Waals surface area contributed by atoms with E-state index in [1.54, 1.807) is 0 Å². The third-order valence-electron chi connectivity index (χ3n) is 4.46. The first-order valence-corrected chi connectivity index (χ1v) is 8.98. The minimum absolute atomic E-state index is 0.0493. The van der Waals surface area contributed by atoms with Gasteiger partial charge in [-0.25, -0.2) is 0 Å². The van der Waals surface area contributed by atoms with E-state index in [4.69, 9.17) is 9.47 Å². The summed E-state index contributed by atoms with van der Waals surface area (Å²) in [5, 5.41) is 2.93. The van der Waals surface area contributed by atoms with E-state index >= 15 is 0 Å². The van der Waals surface area contributed by atoms with Gasteiger partial charge in [-0.15, -0.1) is 0 Å². The van der Waals surface area contributed by atoms with Gasteiger partial charge in [-0.2, -0.15) is 0 Å². The van der Waals surface area contributed by atoms with Gasteiger partial charge in [0.2, 0.25) is 5.91 Å². The molecule has 1 amide bonds. The molecule has 124 valence electrons. The molecule has 1 saturated carbocycles. The van der Waals surface area contributed by atoms with Crippen LogP contribution >= 0.6 is 15.9 Å². The fourth-order valence-corrected chi connectivity index (χ4v) is 3.55. The lowest BCUT2D eigenvalue weighted by Crippen LogP contribution is -2.34. The molecule has 0 aromatic heterocycles. The van der Waals surface area contributed by atoms with Crippen LogP contribution < -0.4 is 14.8 Å². The molecule has 1 heterocycles. The van der Waals surface area contributed by atoms with Gasteiger partial charge in [-0.1, -0.05) is 28.1 Å². The summed E-state index contributed by atoms with van der Waals surface area (Å²) in [5.74, 6) is 0.968. The molecule has 2 aromatic carbocycles. The highest BCUT2D eigenvalue weighted by molar-refractivity contribution is 9.10. The van der Waals surface area contributed by atoms with Gasteiger partial charge in [-0.3, -0.25) is 4.79 Å². The quantitative estimate of drug-likeness (QED) is 0.831. The van der Waals surface area contributed by atoms with Crippen molar-refractivity contribution in [3.63, 3.8) is 0 Å². The van der Waals surface area contributed by atoms with Crippen molar-refractivity contribution >= 4 is 27.5 Å². The second-order valence-electron chi connectivity index (χ2n) is 6.33. The maximum absolute atomic E-state index is 12.2. The van der Waals surface area contributed by atoms with Gasteiger partial charge in [0.25, 0.3) is 5.79 Å². The maximum Gasteiger partial charge on any atom is 0.251 e. The molecule has 0 saturated heterocycles. The van der Waals surface area contributed by atoms with Crippen LogP contribution in [0.5, 0.6) is 11.5 Å². The molecule has 0 radical (unpaired) electrons. The molecule has 4 nitrogen and oxygen atoms in total. The average Bonchev–Trinajstić information content (AvgIpc) is 3.15. The van der Waals surface area contributed by atoms with E-state index in [1.807, 2.05) is 42.5 Å². The maximum atomic E-state index is 12.2. The van der Waals surface area contributed by atoms with Crippen LogP contribution in [0.25, 0.3) is 0 Å². The summed E-state index contributed by atoms with van der Waals surface area (Å²) in [6.45, 7) is 0.